The summed E-state index contributed by atoms with van der Waals surface area (Å²) in [7, 11) is 1.97. The Bertz CT molecular complexity index is 251. The van der Waals surface area contributed by atoms with Crippen LogP contribution in [-0.4, -0.2) is 31.3 Å². The van der Waals surface area contributed by atoms with E-state index in [4.69, 9.17) is 4.74 Å². The van der Waals surface area contributed by atoms with Crippen LogP contribution in [0.25, 0.3) is 0 Å². The van der Waals surface area contributed by atoms with Gasteiger partial charge in [-0.15, -0.1) is 0 Å². The van der Waals surface area contributed by atoms with E-state index in [-0.39, 0.29) is 0 Å². The van der Waals surface area contributed by atoms with Crippen molar-refractivity contribution in [3.63, 3.8) is 0 Å². The lowest BCUT2D eigenvalue weighted by Gasteiger charge is -2.15. The summed E-state index contributed by atoms with van der Waals surface area (Å²) < 4.78 is 5.53. The van der Waals surface area contributed by atoms with Crippen molar-refractivity contribution in [1.29, 1.82) is 0 Å². The average molecular weight is 208 g/mol. The molecule has 1 N–H and O–H groups in total. The predicted octanol–water partition coefficient (Wildman–Crippen LogP) is 1.64. The third-order valence-corrected chi connectivity index (χ3v) is 2.28. The highest BCUT2D eigenvalue weighted by Gasteiger charge is 2.06. The second kappa shape index (κ2) is 7.37. The first-order valence-electron chi connectivity index (χ1n) is 5.50. The summed E-state index contributed by atoms with van der Waals surface area (Å²) in [5.74, 6) is 0. The first-order valence-corrected chi connectivity index (χ1v) is 5.50. The summed E-state index contributed by atoms with van der Waals surface area (Å²) >= 11 is 0. The molecule has 0 saturated heterocycles. The van der Waals surface area contributed by atoms with Crippen LogP contribution in [0.3, 0.4) is 0 Å². The number of hydrogen-bond acceptors (Lipinski definition) is 3. The minimum Gasteiger partial charge on any atom is -0.380 e. The SMILES string of the molecule is CCCOCC(Cc1cccnc1)NC. The Labute approximate surface area is 91.9 Å². The van der Waals surface area contributed by atoms with Crippen molar-refractivity contribution in [2.45, 2.75) is 25.8 Å². The van der Waals surface area contributed by atoms with Crippen LogP contribution in [0.2, 0.25) is 0 Å². The Kier molecular flexibility index (Phi) is 5.97. The molecule has 1 aromatic heterocycles. The van der Waals surface area contributed by atoms with Crippen LogP contribution in [0.15, 0.2) is 24.5 Å². The van der Waals surface area contributed by atoms with E-state index < -0.39 is 0 Å². The van der Waals surface area contributed by atoms with E-state index in [0.717, 1.165) is 26.1 Å². The summed E-state index contributed by atoms with van der Waals surface area (Å²) in [5.41, 5.74) is 1.25. The number of hydrogen-bond donors (Lipinski definition) is 1. The molecule has 1 atom stereocenters. The molecule has 0 amide bonds. The molecule has 0 radical (unpaired) electrons. The first-order chi connectivity index (χ1) is 7.36. The molecule has 3 heteroatoms. The zero-order valence-corrected chi connectivity index (χ0v) is 9.57. The van der Waals surface area contributed by atoms with Crippen molar-refractivity contribution in [3.8, 4) is 0 Å². The summed E-state index contributed by atoms with van der Waals surface area (Å²) in [6, 6.07) is 4.44. The Morgan fingerprint density at radius 1 is 1.53 bits per heavy atom. The summed E-state index contributed by atoms with van der Waals surface area (Å²) in [6.45, 7) is 3.72. The van der Waals surface area contributed by atoms with Crippen LogP contribution in [0, 0.1) is 0 Å². The highest BCUT2D eigenvalue weighted by atomic mass is 16.5. The maximum absolute atomic E-state index is 5.53. The molecular formula is C12H20N2O. The van der Waals surface area contributed by atoms with Crippen molar-refractivity contribution in [1.82, 2.24) is 10.3 Å². The van der Waals surface area contributed by atoms with Gasteiger partial charge in [-0.05, 0) is 31.5 Å². The fourth-order valence-corrected chi connectivity index (χ4v) is 1.42. The zero-order valence-electron chi connectivity index (χ0n) is 9.57. The summed E-state index contributed by atoms with van der Waals surface area (Å²) in [5, 5.41) is 3.26. The van der Waals surface area contributed by atoms with Crippen LogP contribution in [0.1, 0.15) is 18.9 Å². The number of pyridine rings is 1. The van der Waals surface area contributed by atoms with Gasteiger partial charge in [0.15, 0.2) is 0 Å². The topological polar surface area (TPSA) is 34.1 Å². The van der Waals surface area contributed by atoms with E-state index in [0.29, 0.717) is 6.04 Å². The van der Waals surface area contributed by atoms with Gasteiger partial charge in [0.25, 0.3) is 0 Å². The lowest BCUT2D eigenvalue weighted by Crippen LogP contribution is -2.32. The van der Waals surface area contributed by atoms with Gasteiger partial charge in [-0.3, -0.25) is 4.98 Å². The molecule has 84 valence electrons. The molecule has 0 bridgehead atoms. The van der Waals surface area contributed by atoms with E-state index in [1.807, 2.05) is 19.3 Å². The third kappa shape index (κ3) is 4.91. The Balaban J connectivity index is 2.33. The van der Waals surface area contributed by atoms with Crippen molar-refractivity contribution in [2.24, 2.45) is 0 Å². The molecule has 0 spiro atoms. The van der Waals surface area contributed by atoms with Gasteiger partial charge in [-0.25, -0.2) is 0 Å². The molecule has 0 aliphatic heterocycles. The normalized spacial score (nSPS) is 12.7. The van der Waals surface area contributed by atoms with Crippen LogP contribution < -0.4 is 5.32 Å². The van der Waals surface area contributed by atoms with E-state index >= 15 is 0 Å². The average Bonchev–Trinajstić information content (AvgIpc) is 2.29. The Morgan fingerprint density at radius 2 is 2.40 bits per heavy atom. The van der Waals surface area contributed by atoms with Gasteiger partial charge in [0, 0.05) is 25.0 Å². The monoisotopic (exact) mass is 208 g/mol. The second-order valence-electron chi connectivity index (χ2n) is 3.63. The maximum Gasteiger partial charge on any atom is 0.0622 e. The van der Waals surface area contributed by atoms with Gasteiger partial charge in [0.05, 0.1) is 6.61 Å². The summed E-state index contributed by atoms with van der Waals surface area (Å²) in [6.07, 6.45) is 5.74. The number of nitrogens with zero attached hydrogens (tertiary/aromatic N) is 1. The van der Waals surface area contributed by atoms with Gasteiger partial charge in [0.2, 0.25) is 0 Å². The molecule has 0 fully saturated rings. The number of likely N-dealkylation sites (N-methyl/N-ethyl adjacent to an activating group) is 1. The van der Waals surface area contributed by atoms with E-state index in [1.54, 1.807) is 6.20 Å². The molecule has 0 aromatic carbocycles. The third-order valence-electron chi connectivity index (χ3n) is 2.28. The number of aromatic nitrogens is 1. The fraction of sp³-hybridized carbons (Fsp3) is 0.583. The Morgan fingerprint density at radius 3 is 3.00 bits per heavy atom. The highest BCUT2D eigenvalue weighted by Crippen LogP contribution is 2.01. The lowest BCUT2D eigenvalue weighted by molar-refractivity contribution is 0.114. The second-order valence-corrected chi connectivity index (χ2v) is 3.63. The molecule has 1 rings (SSSR count). The zero-order chi connectivity index (χ0) is 10.9. The van der Waals surface area contributed by atoms with Crippen LogP contribution in [0.5, 0.6) is 0 Å². The minimum absolute atomic E-state index is 0.376. The van der Waals surface area contributed by atoms with E-state index in [2.05, 4.69) is 23.3 Å². The molecule has 3 nitrogen and oxygen atoms in total. The highest BCUT2D eigenvalue weighted by molar-refractivity contribution is 5.10. The van der Waals surface area contributed by atoms with Gasteiger partial charge in [0.1, 0.15) is 0 Å². The fourth-order valence-electron chi connectivity index (χ4n) is 1.42. The van der Waals surface area contributed by atoms with E-state index in [9.17, 15) is 0 Å². The molecular weight excluding hydrogens is 188 g/mol. The molecule has 1 aromatic rings. The standard InChI is InChI=1S/C12H20N2O/c1-3-7-15-10-12(13-2)8-11-5-4-6-14-9-11/h4-6,9,12-13H,3,7-8,10H2,1-2H3. The largest absolute Gasteiger partial charge is 0.380 e. The quantitative estimate of drug-likeness (QED) is 0.692. The van der Waals surface area contributed by atoms with Gasteiger partial charge in [-0.2, -0.15) is 0 Å². The lowest BCUT2D eigenvalue weighted by atomic mass is 10.1. The van der Waals surface area contributed by atoms with Crippen molar-refractivity contribution >= 4 is 0 Å². The van der Waals surface area contributed by atoms with Crippen LogP contribution >= 0.6 is 0 Å². The summed E-state index contributed by atoms with van der Waals surface area (Å²) in [4.78, 5) is 4.10. The maximum atomic E-state index is 5.53. The number of rotatable bonds is 7. The molecule has 1 unspecified atom stereocenters. The first kappa shape index (κ1) is 12.1. The minimum atomic E-state index is 0.376. The van der Waals surface area contributed by atoms with Gasteiger partial charge < -0.3 is 10.1 Å². The van der Waals surface area contributed by atoms with Crippen molar-refractivity contribution < 1.29 is 4.74 Å². The number of ether oxygens (including phenoxy) is 1. The van der Waals surface area contributed by atoms with Gasteiger partial charge in [-0.1, -0.05) is 13.0 Å². The van der Waals surface area contributed by atoms with Crippen LogP contribution in [0.4, 0.5) is 0 Å². The van der Waals surface area contributed by atoms with Crippen molar-refractivity contribution in [3.05, 3.63) is 30.1 Å². The van der Waals surface area contributed by atoms with Crippen LogP contribution in [-0.2, 0) is 11.2 Å². The molecule has 1 heterocycles. The van der Waals surface area contributed by atoms with Crippen molar-refractivity contribution in [2.75, 3.05) is 20.3 Å². The molecule has 0 aliphatic carbocycles. The van der Waals surface area contributed by atoms with Gasteiger partial charge >= 0.3 is 0 Å². The molecule has 0 aliphatic rings. The Hall–Kier alpha value is -0.930. The molecule has 0 saturated carbocycles. The predicted molar refractivity (Wildman–Crippen MR) is 61.9 cm³/mol. The van der Waals surface area contributed by atoms with E-state index in [1.165, 1.54) is 5.56 Å². The smallest absolute Gasteiger partial charge is 0.0622 e. The molecule has 15 heavy (non-hydrogen) atoms. The number of nitrogens with one attached hydrogen (secondary N) is 1.